The zero-order valence-corrected chi connectivity index (χ0v) is 26.4. The van der Waals surface area contributed by atoms with Crippen LogP contribution in [0.15, 0.2) is 77.0 Å². The highest BCUT2D eigenvalue weighted by Crippen LogP contribution is 2.37. The zero-order valence-electron chi connectivity index (χ0n) is 24.1. The van der Waals surface area contributed by atoms with E-state index in [9.17, 15) is 9.59 Å². The highest BCUT2D eigenvalue weighted by atomic mass is 35.5. The summed E-state index contributed by atoms with van der Waals surface area (Å²) in [6.45, 7) is 3.61. The van der Waals surface area contributed by atoms with E-state index in [1.807, 2.05) is 12.1 Å². The third-order valence-electron chi connectivity index (χ3n) is 6.30. The van der Waals surface area contributed by atoms with Gasteiger partial charge in [-0.2, -0.15) is 5.10 Å². The Hall–Kier alpha value is -4.32. The second-order valence-electron chi connectivity index (χ2n) is 9.36. The number of halogens is 2. The molecule has 0 spiro atoms. The van der Waals surface area contributed by atoms with Gasteiger partial charge in [-0.15, -0.1) is 0 Å². The van der Waals surface area contributed by atoms with E-state index in [-0.39, 0.29) is 19.8 Å². The topological polar surface area (TPSA) is 120 Å². The van der Waals surface area contributed by atoms with Crippen molar-refractivity contribution in [2.45, 2.75) is 26.5 Å². The average Bonchev–Trinajstić information content (AvgIpc) is 3.00. The third kappa shape index (κ3) is 8.40. The number of ether oxygens (including phenoxy) is 4. The van der Waals surface area contributed by atoms with Crippen molar-refractivity contribution < 1.29 is 28.5 Å². The van der Waals surface area contributed by atoms with Gasteiger partial charge >= 0.3 is 5.97 Å². The van der Waals surface area contributed by atoms with E-state index in [0.717, 1.165) is 5.56 Å². The van der Waals surface area contributed by atoms with E-state index in [1.165, 1.54) is 13.3 Å². The first-order valence-corrected chi connectivity index (χ1v) is 14.6. The monoisotopic (exact) mass is 656 g/mol. The molecule has 13 heteroatoms. The van der Waals surface area contributed by atoms with E-state index < -0.39 is 17.9 Å². The highest BCUT2D eigenvalue weighted by Gasteiger charge is 2.32. The van der Waals surface area contributed by atoms with Crippen molar-refractivity contribution in [2.24, 2.45) is 5.10 Å². The summed E-state index contributed by atoms with van der Waals surface area (Å²) in [7, 11) is 1.50. The number of para-hydroxylation sites is 1. The maximum Gasteiger partial charge on any atom is 0.338 e. The van der Waals surface area contributed by atoms with Crippen molar-refractivity contribution in [1.82, 2.24) is 16.1 Å². The summed E-state index contributed by atoms with van der Waals surface area (Å²) in [4.78, 5) is 25.3. The lowest BCUT2D eigenvalue weighted by molar-refractivity contribution is -0.139. The summed E-state index contributed by atoms with van der Waals surface area (Å²) in [6.07, 6.45) is 1.42. The fraction of sp³-hybridized carbons (Fsp3) is 0.226. The molecule has 1 aliphatic heterocycles. The molecule has 0 saturated carbocycles. The van der Waals surface area contributed by atoms with Crippen LogP contribution >= 0.6 is 35.4 Å². The van der Waals surface area contributed by atoms with Gasteiger partial charge in [-0.25, -0.2) is 10.2 Å². The molecular weight excluding hydrogens is 627 g/mol. The Balaban J connectivity index is 1.39. The molecule has 0 saturated heterocycles. The fourth-order valence-electron chi connectivity index (χ4n) is 4.30. The van der Waals surface area contributed by atoms with Crippen molar-refractivity contribution in [3.8, 4) is 17.2 Å². The van der Waals surface area contributed by atoms with Crippen LogP contribution in [-0.2, 0) is 20.9 Å². The number of benzene rings is 3. The number of nitrogens with zero attached hydrogens (tertiary/aromatic N) is 1. The third-order valence-corrected chi connectivity index (χ3v) is 7.06. The van der Waals surface area contributed by atoms with E-state index in [0.29, 0.717) is 54.8 Å². The van der Waals surface area contributed by atoms with E-state index in [1.54, 1.807) is 62.4 Å². The summed E-state index contributed by atoms with van der Waals surface area (Å²) in [5.41, 5.74) is 5.44. The second kappa shape index (κ2) is 15.4. The Morgan fingerprint density at radius 3 is 2.55 bits per heavy atom. The molecule has 1 heterocycles. The maximum absolute atomic E-state index is 12.7. The Bertz CT molecular complexity index is 1600. The number of carbonyl (C=O) groups excluding carboxylic acids is 2. The highest BCUT2D eigenvalue weighted by molar-refractivity contribution is 7.80. The maximum atomic E-state index is 12.7. The first kappa shape index (κ1) is 32.6. The van der Waals surface area contributed by atoms with Crippen molar-refractivity contribution in [1.29, 1.82) is 0 Å². The first-order chi connectivity index (χ1) is 21.2. The molecule has 0 aromatic heterocycles. The van der Waals surface area contributed by atoms with Gasteiger partial charge in [0.1, 0.15) is 12.4 Å². The molecule has 3 N–H and O–H groups in total. The van der Waals surface area contributed by atoms with Gasteiger partial charge in [-0.3, -0.25) is 4.79 Å². The summed E-state index contributed by atoms with van der Waals surface area (Å²) in [5, 5.41) is 11.3. The number of methoxy groups -OCH3 is 1. The van der Waals surface area contributed by atoms with Crippen LogP contribution in [0.4, 0.5) is 0 Å². The van der Waals surface area contributed by atoms with Gasteiger partial charge in [0, 0.05) is 16.3 Å². The Kier molecular flexibility index (Phi) is 11.4. The number of thiocarbonyl (C=S) groups is 1. The van der Waals surface area contributed by atoms with Crippen LogP contribution in [0.3, 0.4) is 0 Å². The molecule has 3 aromatic carbocycles. The smallest absolute Gasteiger partial charge is 0.338 e. The molecule has 0 aliphatic carbocycles. The standard InChI is InChI=1S/C31H30Cl2N4O6S/c1-4-41-30(39)27-18(2)35-31(44)36-28(27)22-7-5-6-8-24(22)42-17-26(38)37-34-15-20-13-23(33)29(25(14-20)40-3)43-16-19-9-11-21(32)12-10-19/h5-15,28H,4,16-17H2,1-3H3,(H,37,38)(H2,35,36,44)/t28-/m1/s1. The number of allylic oxidation sites excluding steroid dienone is 1. The molecule has 0 fully saturated rings. The van der Waals surface area contributed by atoms with Gasteiger partial charge in [0.15, 0.2) is 23.2 Å². The van der Waals surface area contributed by atoms with Crippen LogP contribution in [0.2, 0.25) is 10.0 Å². The minimum Gasteiger partial charge on any atom is -0.493 e. The van der Waals surface area contributed by atoms with Gasteiger partial charge in [0.2, 0.25) is 0 Å². The van der Waals surface area contributed by atoms with Crippen LogP contribution in [0.5, 0.6) is 17.2 Å². The lowest BCUT2D eigenvalue weighted by atomic mass is 9.95. The molecule has 0 unspecified atom stereocenters. The molecule has 0 bridgehead atoms. The van der Waals surface area contributed by atoms with Gasteiger partial charge in [0.05, 0.1) is 36.6 Å². The summed E-state index contributed by atoms with van der Waals surface area (Å²) >= 11 is 17.7. The van der Waals surface area contributed by atoms with Crippen molar-refractivity contribution in [3.05, 3.63) is 98.7 Å². The lowest BCUT2D eigenvalue weighted by Gasteiger charge is -2.30. The molecule has 1 amide bonds. The van der Waals surface area contributed by atoms with Crippen molar-refractivity contribution >= 4 is 58.6 Å². The van der Waals surface area contributed by atoms with E-state index in [4.69, 9.17) is 54.4 Å². The summed E-state index contributed by atoms with van der Waals surface area (Å²) < 4.78 is 22.4. The van der Waals surface area contributed by atoms with Crippen molar-refractivity contribution in [3.63, 3.8) is 0 Å². The Morgan fingerprint density at radius 1 is 1.07 bits per heavy atom. The quantitative estimate of drug-likeness (QED) is 0.101. The second-order valence-corrected chi connectivity index (χ2v) is 10.6. The molecule has 1 atom stereocenters. The Labute approximate surface area is 270 Å². The molecule has 10 nitrogen and oxygen atoms in total. The van der Waals surface area contributed by atoms with Crippen LogP contribution in [0.25, 0.3) is 0 Å². The van der Waals surface area contributed by atoms with Crippen LogP contribution < -0.4 is 30.3 Å². The van der Waals surface area contributed by atoms with Gasteiger partial charge < -0.3 is 29.6 Å². The lowest BCUT2D eigenvalue weighted by Crippen LogP contribution is -2.45. The summed E-state index contributed by atoms with van der Waals surface area (Å²) in [5.74, 6) is 0.156. The van der Waals surface area contributed by atoms with Crippen LogP contribution in [-0.4, -0.2) is 43.5 Å². The number of hydrogen-bond donors (Lipinski definition) is 3. The molecule has 230 valence electrons. The number of rotatable bonds is 12. The largest absolute Gasteiger partial charge is 0.493 e. The van der Waals surface area contributed by atoms with Gasteiger partial charge in [-0.05, 0) is 67.5 Å². The number of nitrogens with one attached hydrogen (secondary N) is 3. The minimum absolute atomic E-state index is 0.215. The molecule has 4 rings (SSSR count). The predicted octanol–water partition coefficient (Wildman–Crippen LogP) is 5.47. The number of esters is 1. The molecular formula is C31H30Cl2N4O6S. The van der Waals surface area contributed by atoms with E-state index in [2.05, 4.69) is 21.2 Å². The number of amides is 1. The predicted molar refractivity (Wildman–Crippen MR) is 172 cm³/mol. The normalized spacial score (nSPS) is 14.5. The molecule has 3 aromatic rings. The first-order valence-electron chi connectivity index (χ1n) is 13.4. The molecule has 44 heavy (non-hydrogen) atoms. The number of hydrogen-bond acceptors (Lipinski definition) is 8. The molecule has 1 aliphatic rings. The Morgan fingerprint density at radius 2 is 1.82 bits per heavy atom. The number of hydrazone groups is 1. The van der Waals surface area contributed by atoms with Gasteiger partial charge in [0.25, 0.3) is 5.91 Å². The van der Waals surface area contributed by atoms with Crippen LogP contribution in [0.1, 0.15) is 36.6 Å². The van der Waals surface area contributed by atoms with Gasteiger partial charge in [-0.1, -0.05) is 53.5 Å². The SMILES string of the molecule is CCOC(=O)C1=C(C)NC(=S)N[C@@H]1c1ccccc1OCC(=O)NN=Cc1cc(Cl)c(OCc2ccc(Cl)cc2)c(OC)c1. The van der Waals surface area contributed by atoms with Crippen molar-refractivity contribution in [2.75, 3.05) is 20.3 Å². The summed E-state index contributed by atoms with van der Waals surface area (Å²) in [6, 6.07) is 17.0. The fourth-order valence-corrected chi connectivity index (χ4v) is 4.97. The molecule has 0 radical (unpaired) electrons. The average molecular weight is 658 g/mol. The van der Waals surface area contributed by atoms with Crippen LogP contribution in [0, 0.1) is 0 Å². The zero-order chi connectivity index (χ0) is 31.6. The van der Waals surface area contributed by atoms with E-state index >= 15 is 0 Å². The number of carbonyl (C=O) groups is 2. The minimum atomic E-state index is -0.641.